The number of hydrogen-bond donors (Lipinski definition) is 3. The van der Waals surface area contributed by atoms with Gasteiger partial charge in [0.05, 0.1) is 6.20 Å². The molecule has 26 heavy (non-hydrogen) atoms. The third kappa shape index (κ3) is 3.39. The van der Waals surface area contributed by atoms with E-state index in [2.05, 4.69) is 20.8 Å². The van der Waals surface area contributed by atoms with Crippen LogP contribution in [0.15, 0.2) is 47.0 Å². The molecule has 134 valence electrons. The van der Waals surface area contributed by atoms with Crippen molar-refractivity contribution in [3.63, 3.8) is 0 Å². The Balaban J connectivity index is 1.49. The highest BCUT2D eigenvalue weighted by atomic mass is 19.1. The molecule has 1 aliphatic heterocycles. The minimum absolute atomic E-state index is 0.190. The highest BCUT2D eigenvalue weighted by Gasteiger charge is 2.22. The van der Waals surface area contributed by atoms with Crippen LogP contribution in [0.3, 0.4) is 0 Å². The Labute approximate surface area is 149 Å². The van der Waals surface area contributed by atoms with E-state index in [1.807, 2.05) is 0 Å². The fourth-order valence-corrected chi connectivity index (χ4v) is 3.24. The number of aromatic nitrogens is 2. The van der Waals surface area contributed by atoms with Crippen molar-refractivity contribution >= 4 is 11.7 Å². The van der Waals surface area contributed by atoms with Crippen LogP contribution in [0.25, 0.3) is 11.3 Å². The lowest BCUT2D eigenvalue weighted by Crippen LogP contribution is -2.27. The predicted molar refractivity (Wildman–Crippen MR) is 95.5 cm³/mol. The van der Waals surface area contributed by atoms with Gasteiger partial charge in [0.2, 0.25) is 0 Å². The molecule has 1 aliphatic rings. The van der Waals surface area contributed by atoms with E-state index in [-0.39, 0.29) is 17.5 Å². The third-order valence-corrected chi connectivity index (χ3v) is 4.64. The average Bonchev–Trinajstić information content (AvgIpc) is 3.33. The molecule has 3 N–H and O–H groups in total. The van der Waals surface area contributed by atoms with Crippen LogP contribution in [0.1, 0.15) is 34.9 Å². The van der Waals surface area contributed by atoms with Crippen LogP contribution in [0.4, 0.5) is 10.2 Å². The van der Waals surface area contributed by atoms with Crippen molar-refractivity contribution in [1.82, 2.24) is 15.5 Å². The molecule has 0 bridgehead atoms. The molecule has 1 fully saturated rings. The normalized spacial score (nSPS) is 15.1. The Morgan fingerprint density at radius 3 is 2.69 bits per heavy atom. The number of carbonyl (C=O) groups excluding carboxylic acids is 1. The summed E-state index contributed by atoms with van der Waals surface area (Å²) in [5, 5.41) is 13.1. The number of anilines is 1. The van der Waals surface area contributed by atoms with Gasteiger partial charge >= 0.3 is 0 Å². The van der Waals surface area contributed by atoms with Crippen molar-refractivity contribution in [3.8, 4) is 11.3 Å². The number of nitrogens with zero attached hydrogens (tertiary/aromatic N) is 1. The van der Waals surface area contributed by atoms with Gasteiger partial charge in [-0.2, -0.15) is 5.10 Å². The van der Waals surface area contributed by atoms with Gasteiger partial charge in [-0.3, -0.25) is 9.89 Å². The summed E-state index contributed by atoms with van der Waals surface area (Å²) in [5.74, 6) is 1.02. The van der Waals surface area contributed by atoms with Gasteiger partial charge < -0.3 is 15.1 Å². The molecule has 0 saturated carbocycles. The van der Waals surface area contributed by atoms with Crippen molar-refractivity contribution in [2.45, 2.75) is 18.8 Å². The molecule has 1 saturated heterocycles. The number of nitrogens with one attached hydrogen (secondary N) is 3. The van der Waals surface area contributed by atoms with Gasteiger partial charge in [0, 0.05) is 11.1 Å². The predicted octanol–water partition coefficient (Wildman–Crippen LogP) is 3.53. The Kier molecular flexibility index (Phi) is 4.53. The molecule has 0 aliphatic carbocycles. The highest BCUT2D eigenvalue weighted by molar-refractivity contribution is 6.02. The smallest absolute Gasteiger partial charge is 0.292 e. The molecular formula is C19H19FN4O2. The number of rotatable bonds is 4. The van der Waals surface area contributed by atoms with Crippen LogP contribution in [0.5, 0.6) is 0 Å². The zero-order chi connectivity index (χ0) is 17.9. The molecule has 1 aromatic carbocycles. The van der Waals surface area contributed by atoms with Gasteiger partial charge in [0.15, 0.2) is 5.76 Å². The van der Waals surface area contributed by atoms with Crippen molar-refractivity contribution in [3.05, 3.63) is 59.7 Å². The summed E-state index contributed by atoms with van der Waals surface area (Å²) >= 11 is 0. The summed E-state index contributed by atoms with van der Waals surface area (Å²) in [6, 6.07) is 9.23. The van der Waals surface area contributed by atoms with Crippen LogP contribution >= 0.6 is 0 Å². The Morgan fingerprint density at radius 1 is 1.15 bits per heavy atom. The summed E-state index contributed by atoms with van der Waals surface area (Å²) in [5.41, 5.74) is 1.73. The average molecular weight is 354 g/mol. The lowest BCUT2D eigenvalue weighted by Gasteiger charge is -2.22. The van der Waals surface area contributed by atoms with Crippen LogP contribution in [0, 0.1) is 5.82 Å². The molecule has 0 unspecified atom stereocenters. The summed E-state index contributed by atoms with van der Waals surface area (Å²) in [6.07, 6.45) is 3.80. The number of halogens is 1. The molecule has 1 amide bonds. The van der Waals surface area contributed by atoms with Crippen molar-refractivity contribution in [2.75, 3.05) is 18.4 Å². The first kappa shape index (κ1) is 16.5. The number of benzene rings is 1. The number of H-pyrrole nitrogens is 1. The maximum atomic E-state index is 13.0. The summed E-state index contributed by atoms with van der Waals surface area (Å²) in [7, 11) is 0. The van der Waals surface area contributed by atoms with E-state index in [9.17, 15) is 9.18 Å². The number of furan rings is 1. The molecular weight excluding hydrogens is 335 g/mol. The van der Waals surface area contributed by atoms with E-state index in [0.29, 0.717) is 23.1 Å². The van der Waals surface area contributed by atoms with E-state index in [4.69, 9.17) is 4.42 Å². The second-order valence-corrected chi connectivity index (χ2v) is 6.35. The quantitative estimate of drug-likeness (QED) is 0.669. The topological polar surface area (TPSA) is 83.0 Å². The van der Waals surface area contributed by atoms with E-state index in [1.165, 1.54) is 12.1 Å². The third-order valence-electron chi connectivity index (χ3n) is 4.64. The molecule has 6 nitrogen and oxygen atoms in total. The SMILES string of the molecule is O=C(Nc1[nH]ncc1C1CCNCC1)c1ccc(-c2ccc(F)cc2)o1. The van der Waals surface area contributed by atoms with E-state index in [1.54, 1.807) is 30.5 Å². The zero-order valence-electron chi connectivity index (χ0n) is 14.1. The minimum atomic E-state index is -0.349. The van der Waals surface area contributed by atoms with Gasteiger partial charge in [-0.1, -0.05) is 0 Å². The minimum Gasteiger partial charge on any atom is -0.451 e. The highest BCUT2D eigenvalue weighted by Crippen LogP contribution is 2.30. The van der Waals surface area contributed by atoms with Crippen LogP contribution in [-0.4, -0.2) is 29.2 Å². The Bertz CT molecular complexity index is 894. The molecule has 3 aromatic rings. The Hall–Kier alpha value is -2.93. The fraction of sp³-hybridized carbons (Fsp3) is 0.263. The lowest BCUT2D eigenvalue weighted by molar-refractivity contribution is 0.0997. The molecule has 0 radical (unpaired) electrons. The monoisotopic (exact) mass is 354 g/mol. The number of amides is 1. The van der Waals surface area contributed by atoms with Gasteiger partial charge in [-0.25, -0.2) is 4.39 Å². The molecule has 0 spiro atoms. The summed E-state index contributed by atoms with van der Waals surface area (Å²) in [4.78, 5) is 12.5. The second-order valence-electron chi connectivity index (χ2n) is 6.35. The van der Waals surface area contributed by atoms with Gasteiger partial charge in [0.25, 0.3) is 5.91 Å². The summed E-state index contributed by atoms with van der Waals surface area (Å²) in [6.45, 7) is 1.92. The number of aromatic amines is 1. The van der Waals surface area contributed by atoms with E-state index >= 15 is 0 Å². The zero-order valence-corrected chi connectivity index (χ0v) is 14.1. The maximum absolute atomic E-state index is 13.0. The first-order chi connectivity index (χ1) is 12.7. The second kappa shape index (κ2) is 7.13. The van der Waals surface area contributed by atoms with Crippen molar-refractivity contribution in [2.24, 2.45) is 0 Å². The van der Waals surface area contributed by atoms with Gasteiger partial charge in [0.1, 0.15) is 17.4 Å². The molecule has 2 aromatic heterocycles. The maximum Gasteiger partial charge on any atom is 0.292 e. The molecule has 7 heteroatoms. The van der Waals surface area contributed by atoms with Crippen LogP contribution < -0.4 is 10.6 Å². The fourth-order valence-electron chi connectivity index (χ4n) is 3.24. The Morgan fingerprint density at radius 2 is 1.92 bits per heavy atom. The van der Waals surface area contributed by atoms with Crippen molar-refractivity contribution < 1.29 is 13.6 Å². The number of piperidine rings is 1. The van der Waals surface area contributed by atoms with Gasteiger partial charge in [-0.05, 0) is 68.2 Å². The van der Waals surface area contributed by atoms with Crippen LogP contribution in [-0.2, 0) is 0 Å². The first-order valence-corrected chi connectivity index (χ1v) is 8.62. The van der Waals surface area contributed by atoms with Gasteiger partial charge in [-0.15, -0.1) is 0 Å². The largest absolute Gasteiger partial charge is 0.451 e. The molecule has 3 heterocycles. The molecule has 4 rings (SSSR count). The standard InChI is InChI=1S/C19H19FN4O2/c20-14-3-1-13(2-4-14)16-5-6-17(26-16)19(25)23-18-15(11-22-24-18)12-7-9-21-10-8-12/h1-6,11-12,21H,7-10H2,(H2,22,23,24,25). The van der Waals surface area contributed by atoms with E-state index < -0.39 is 0 Å². The number of hydrogen-bond acceptors (Lipinski definition) is 4. The van der Waals surface area contributed by atoms with Crippen LogP contribution in [0.2, 0.25) is 0 Å². The summed E-state index contributed by atoms with van der Waals surface area (Å²) < 4.78 is 18.7. The number of carbonyl (C=O) groups is 1. The van der Waals surface area contributed by atoms with Crippen molar-refractivity contribution in [1.29, 1.82) is 0 Å². The first-order valence-electron chi connectivity index (χ1n) is 8.62. The molecule has 0 atom stereocenters. The lowest BCUT2D eigenvalue weighted by atomic mass is 9.92. The van der Waals surface area contributed by atoms with E-state index in [0.717, 1.165) is 31.5 Å².